The lowest BCUT2D eigenvalue weighted by molar-refractivity contribution is 0.586. The highest BCUT2D eigenvalue weighted by Gasteiger charge is 2.19. The van der Waals surface area contributed by atoms with Gasteiger partial charge in [0.05, 0.1) is 15.7 Å². The Morgan fingerprint density at radius 1 is 1.18 bits per heavy atom. The van der Waals surface area contributed by atoms with Crippen LogP contribution in [0, 0.1) is 0 Å². The van der Waals surface area contributed by atoms with Crippen LogP contribution in [0.2, 0.25) is 10.0 Å². The van der Waals surface area contributed by atoms with Crippen molar-refractivity contribution in [3.05, 3.63) is 38.6 Å². The second-order valence-corrected chi connectivity index (χ2v) is 6.61. The normalized spacial score (nSPS) is 11.8. The molecule has 0 aliphatic rings. The predicted octanol–water partition coefficient (Wildman–Crippen LogP) is 5.41. The minimum atomic E-state index is 0.0712. The van der Waals surface area contributed by atoms with Crippen LogP contribution in [0.25, 0.3) is 11.3 Å². The summed E-state index contributed by atoms with van der Waals surface area (Å²) < 4.78 is 0. The first-order valence-corrected chi connectivity index (χ1v) is 6.93. The maximum Gasteiger partial charge on any atom is 0.0986 e. The van der Waals surface area contributed by atoms with Crippen molar-refractivity contribution < 1.29 is 0 Å². The van der Waals surface area contributed by atoms with Crippen molar-refractivity contribution >= 4 is 34.5 Å². The SMILES string of the molecule is CC(C)(C)c1nc(-c2ccc(Cl)cc2Cl)cs1. The number of benzene rings is 1. The minimum absolute atomic E-state index is 0.0712. The van der Waals surface area contributed by atoms with E-state index in [2.05, 4.69) is 25.8 Å². The zero-order valence-electron chi connectivity index (χ0n) is 9.92. The Hall–Kier alpha value is -0.570. The average molecular weight is 286 g/mol. The van der Waals surface area contributed by atoms with E-state index in [4.69, 9.17) is 23.2 Å². The van der Waals surface area contributed by atoms with Gasteiger partial charge in [-0.3, -0.25) is 0 Å². The summed E-state index contributed by atoms with van der Waals surface area (Å²) >= 11 is 13.7. The van der Waals surface area contributed by atoms with E-state index in [1.165, 1.54) is 0 Å². The van der Waals surface area contributed by atoms with Crippen LogP contribution in [0.1, 0.15) is 25.8 Å². The van der Waals surface area contributed by atoms with Gasteiger partial charge >= 0.3 is 0 Å². The molecule has 0 spiro atoms. The Morgan fingerprint density at radius 2 is 1.88 bits per heavy atom. The number of thiazole rings is 1. The third-order valence-electron chi connectivity index (χ3n) is 2.35. The molecule has 0 saturated carbocycles. The molecule has 90 valence electrons. The second-order valence-electron chi connectivity index (χ2n) is 4.91. The van der Waals surface area contributed by atoms with Gasteiger partial charge in [-0.05, 0) is 18.2 Å². The van der Waals surface area contributed by atoms with E-state index in [9.17, 15) is 0 Å². The fourth-order valence-corrected chi connectivity index (χ4v) is 2.85. The molecule has 0 aliphatic carbocycles. The van der Waals surface area contributed by atoms with Crippen LogP contribution in [0.3, 0.4) is 0 Å². The van der Waals surface area contributed by atoms with Gasteiger partial charge in [0.25, 0.3) is 0 Å². The van der Waals surface area contributed by atoms with Gasteiger partial charge in [0, 0.05) is 21.4 Å². The number of nitrogens with zero attached hydrogens (tertiary/aromatic N) is 1. The molecule has 0 unspecified atom stereocenters. The molecule has 0 N–H and O–H groups in total. The minimum Gasteiger partial charge on any atom is -0.241 e. The lowest BCUT2D eigenvalue weighted by Crippen LogP contribution is -2.10. The van der Waals surface area contributed by atoms with Crippen LogP contribution in [-0.4, -0.2) is 4.98 Å². The Kier molecular flexibility index (Phi) is 3.48. The van der Waals surface area contributed by atoms with Crippen LogP contribution in [0.4, 0.5) is 0 Å². The highest BCUT2D eigenvalue weighted by molar-refractivity contribution is 7.10. The van der Waals surface area contributed by atoms with E-state index in [1.54, 1.807) is 17.4 Å². The van der Waals surface area contributed by atoms with Crippen molar-refractivity contribution in [2.75, 3.05) is 0 Å². The highest BCUT2D eigenvalue weighted by atomic mass is 35.5. The first kappa shape index (κ1) is 12.9. The van der Waals surface area contributed by atoms with Crippen molar-refractivity contribution in [1.82, 2.24) is 4.98 Å². The Bertz CT molecular complexity index is 541. The van der Waals surface area contributed by atoms with E-state index in [1.807, 2.05) is 17.5 Å². The molecule has 1 heterocycles. The maximum atomic E-state index is 6.17. The predicted molar refractivity (Wildman–Crippen MR) is 76.3 cm³/mol. The van der Waals surface area contributed by atoms with Crippen molar-refractivity contribution in [2.45, 2.75) is 26.2 Å². The zero-order valence-corrected chi connectivity index (χ0v) is 12.2. The van der Waals surface area contributed by atoms with Crippen molar-refractivity contribution in [1.29, 1.82) is 0 Å². The van der Waals surface area contributed by atoms with Gasteiger partial charge in [-0.1, -0.05) is 44.0 Å². The molecular formula is C13H13Cl2NS. The van der Waals surface area contributed by atoms with Crippen LogP contribution in [0.5, 0.6) is 0 Å². The molecule has 0 bridgehead atoms. The Morgan fingerprint density at radius 3 is 2.41 bits per heavy atom. The van der Waals surface area contributed by atoms with E-state index < -0.39 is 0 Å². The number of rotatable bonds is 1. The molecule has 4 heteroatoms. The molecule has 0 fully saturated rings. The van der Waals surface area contributed by atoms with Crippen molar-refractivity contribution in [3.8, 4) is 11.3 Å². The molecule has 1 aromatic carbocycles. The molecule has 0 atom stereocenters. The summed E-state index contributed by atoms with van der Waals surface area (Å²) in [6, 6.07) is 5.49. The molecule has 1 nitrogen and oxygen atoms in total. The summed E-state index contributed by atoms with van der Waals surface area (Å²) in [5, 5.41) is 4.43. The third kappa shape index (κ3) is 2.82. The molecule has 0 amide bonds. The summed E-state index contributed by atoms with van der Waals surface area (Å²) in [6.07, 6.45) is 0. The molecule has 0 saturated heterocycles. The molecule has 2 rings (SSSR count). The number of aromatic nitrogens is 1. The smallest absolute Gasteiger partial charge is 0.0986 e. The fraction of sp³-hybridized carbons (Fsp3) is 0.308. The molecule has 1 aromatic heterocycles. The first-order valence-electron chi connectivity index (χ1n) is 5.29. The summed E-state index contributed by atoms with van der Waals surface area (Å²) in [6.45, 7) is 6.46. The van der Waals surface area contributed by atoms with Gasteiger partial charge in [0.1, 0.15) is 0 Å². The van der Waals surface area contributed by atoms with E-state index in [-0.39, 0.29) is 5.41 Å². The summed E-state index contributed by atoms with van der Waals surface area (Å²) in [5.74, 6) is 0. The average Bonchev–Trinajstić information content (AvgIpc) is 2.65. The lowest BCUT2D eigenvalue weighted by atomic mass is 9.98. The van der Waals surface area contributed by atoms with Crippen LogP contribution in [0.15, 0.2) is 23.6 Å². The van der Waals surface area contributed by atoms with Crippen LogP contribution < -0.4 is 0 Å². The van der Waals surface area contributed by atoms with E-state index in [0.717, 1.165) is 16.3 Å². The number of hydrogen-bond donors (Lipinski definition) is 0. The van der Waals surface area contributed by atoms with Gasteiger partial charge in [0.15, 0.2) is 0 Å². The third-order valence-corrected chi connectivity index (χ3v) is 4.17. The summed E-state index contributed by atoms with van der Waals surface area (Å²) in [4.78, 5) is 4.63. The van der Waals surface area contributed by atoms with Crippen molar-refractivity contribution in [2.24, 2.45) is 0 Å². The summed E-state index contributed by atoms with van der Waals surface area (Å²) in [5.41, 5.74) is 1.92. The van der Waals surface area contributed by atoms with Crippen LogP contribution in [-0.2, 0) is 5.41 Å². The quantitative estimate of drug-likeness (QED) is 0.682. The van der Waals surface area contributed by atoms with Gasteiger partial charge < -0.3 is 0 Å². The monoisotopic (exact) mass is 285 g/mol. The first-order chi connectivity index (χ1) is 7.88. The van der Waals surface area contributed by atoms with Gasteiger partial charge in [-0.2, -0.15) is 0 Å². The van der Waals surface area contributed by atoms with Gasteiger partial charge in [0.2, 0.25) is 0 Å². The molecule has 0 aliphatic heterocycles. The highest BCUT2D eigenvalue weighted by Crippen LogP contribution is 2.34. The molecule has 17 heavy (non-hydrogen) atoms. The van der Waals surface area contributed by atoms with Crippen molar-refractivity contribution in [3.63, 3.8) is 0 Å². The lowest BCUT2D eigenvalue weighted by Gasteiger charge is -2.13. The standard InChI is InChI=1S/C13H13Cl2NS/c1-13(2,3)12-16-11(7-17-12)9-5-4-8(14)6-10(9)15/h4-7H,1-3H3. The molecular weight excluding hydrogens is 273 g/mol. The van der Waals surface area contributed by atoms with Crippen LogP contribution >= 0.6 is 34.5 Å². The summed E-state index contributed by atoms with van der Waals surface area (Å²) in [7, 11) is 0. The topological polar surface area (TPSA) is 12.9 Å². The number of halogens is 2. The van der Waals surface area contributed by atoms with Gasteiger partial charge in [-0.15, -0.1) is 11.3 Å². The van der Waals surface area contributed by atoms with Gasteiger partial charge in [-0.25, -0.2) is 4.98 Å². The maximum absolute atomic E-state index is 6.17. The number of hydrogen-bond acceptors (Lipinski definition) is 2. The second kappa shape index (κ2) is 4.60. The fourth-order valence-electron chi connectivity index (χ4n) is 1.44. The van der Waals surface area contributed by atoms with E-state index in [0.29, 0.717) is 10.0 Å². The zero-order chi connectivity index (χ0) is 12.6. The Balaban J connectivity index is 2.44. The molecule has 0 radical (unpaired) electrons. The van der Waals surface area contributed by atoms with E-state index >= 15 is 0 Å². The Labute approximate surface area is 115 Å². The largest absolute Gasteiger partial charge is 0.241 e. The molecule has 2 aromatic rings.